The molecule has 3 aliphatic rings. The van der Waals surface area contributed by atoms with Gasteiger partial charge in [0.15, 0.2) is 12.6 Å². The van der Waals surface area contributed by atoms with E-state index in [2.05, 4.69) is 10.6 Å². The highest BCUT2D eigenvalue weighted by Crippen LogP contribution is 2.37. The topological polar surface area (TPSA) is 255 Å². The molecule has 0 radical (unpaired) electrons. The summed E-state index contributed by atoms with van der Waals surface area (Å²) in [6.45, 7) is 4.07. The van der Waals surface area contributed by atoms with Crippen molar-refractivity contribution in [3.63, 3.8) is 0 Å². The summed E-state index contributed by atoms with van der Waals surface area (Å²) < 4.78 is 23.5. The van der Waals surface area contributed by atoms with Crippen LogP contribution in [0.5, 0.6) is 0 Å². The van der Waals surface area contributed by atoms with Crippen LogP contribution in [0, 0.1) is 5.92 Å². The largest absolute Gasteiger partial charge is 0.392 e. The minimum Gasteiger partial charge on any atom is -0.392 e. The molecule has 0 aromatic heterocycles. The first-order valence-electron chi connectivity index (χ1n) is 14.1. The van der Waals surface area contributed by atoms with Crippen LogP contribution in [0.25, 0.3) is 0 Å². The van der Waals surface area contributed by atoms with Gasteiger partial charge in [-0.1, -0.05) is 6.92 Å². The van der Waals surface area contributed by atoms with E-state index in [-0.39, 0.29) is 26.1 Å². The lowest BCUT2D eigenvalue weighted by molar-refractivity contribution is -0.333. The van der Waals surface area contributed by atoms with Gasteiger partial charge < -0.3 is 76.8 Å². The van der Waals surface area contributed by atoms with Crippen LogP contribution in [0.3, 0.4) is 0 Å². The lowest BCUT2D eigenvalue weighted by Crippen LogP contribution is -2.67. The minimum absolute atomic E-state index is 0.0567. The maximum Gasteiger partial charge on any atom is 0.187 e. The van der Waals surface area contributed by atoms with Crippen molar-refractivity contribution in [3.05, 3.63) is 0 Å². The van der Waals surface area contributed by atoms with Gasteiger partial charge in [-0.3, -0.25) is 0 Å². The third-order valence-corrected chi connectivity index (χ3v) is 8.27. The Kier molecular flexibility index (Phi) is 12.5. The molecule has 2 heterocycles. The number of likely N-dealkylation sites (N-methyl/N-ethyl adjacent to an activating group) is 2. The molecule has 15 atom stereocenters. The number of ether oxygens (including phenoxy) is 4. The second kappa shape index (κ2) is 14.7. The van der Waals surface area contributed by atoms with Crippen molar-refractivity contribution >= 4 is 0 Å². The maximum absolute atomic E-state index is 11.5. The number of hydrogen-bond donors (Lipinski definition) is 11. The van der Waals surface area contributed by atoms with Crippen molar-refractivity contribution < 1.29 is 54.7 Å². The highest BCUT2D eigenvalue weighted by atomic mass is 16.7. The van der Waals surface area contributed by atoms with Gasteiger partial charge in [0, 0.05) is 19.1 Å². The molecule has 2 saturated heterocycles. The van der Waals surface area contributed by atoms with E-state index in [9.17, 15) is 35.7 Å². The summed E-state index contributed by atoms with van der Waals surface area (Å²) in [4.78, 5) is 0. The summed E-state index contributed by atoms with van der Waals surface area (Å²) in [6.07, 6.45) is -12.7. The van der Waals surface area contributed by atoms with E-state index in [4.69, 9.17) is 30.4 Å². The van der Waals surface area contributed by atoms with Crippen LogP contribution in [0.4, 0.5) is 0 Å². The average molecular weight is 583 g/mol. The van der Waals surface area contributed by atoms with Gasteiger partial charge in [0.1, 0.15) is 48.3 Å². The molecule has 2 unspecified atom stereocenters. The van der Waals surface area contributed by atoms with Gasteiger partial charge in [0.2, 0.25) is 0 Å². The molecule has 3 rings (SSSR count). The highest BCUT2D eigenvalue weighted by Gasteiger charge is 2.52. The molecule has 236 valence electrons. The molecule has 1 saturated carbocycles. The van der Waals surface area contributed by atoms with Gasteiger partial charge in [-0.15, -0.1) is 0 Å². The van der Waals surface area contributed by atoms with Gasteiger partial charge in [-0.05, 0) is 45.7 Å². The number of nitrogens with one attached hydrogen (secondary N) is 2. The third-order valence-electron chi connectivity index (χ3n) is 8.27. The number of aliphatic hydroxyl groups excluding tert-OH is 6. The first kappa shape index (κ1) is 33.9. The van der Waals surface area contributed by atoms with Crippen molar-refractivity contribution in [2.24, 2.45) is 17.4 Å². The van der Waals surface area contributed by atoms with Crippen LogP contribution in [-0.4, -0.2) is 154 Å². The Balaban J connectivity index is 1.80. The Morgan fingerprint density at radius 2 is 1.68 bits per heavy atom. The first-order valence-corrected chi connectivity index (χ1v) is 14.1. The molecule has 40 heavy (non-hydrogen) atoms. The van der Waals surface area contributed by atoms with E-state index < -0.39 is 91.1 Å². The van der Waals surface area contributed by atoms with Crippen LogP contribution >= 0.6 is 0 Å². The van der Waals surface area contributed by atoms with E-state index in [0.29, 0.717) is 19.4 Å². The fourth-order valence-corrected chi connectivity index (χ4v) is 5.88. The molecule has 0 aromatic rings. The molecule has 0 amide bonds. The molecular weight excluding hydrogens is 532 g/mol. The fourth-order valence-electron chi connectivity index (χ4n) is 5.88. The Bertz CT molecular complexity index is 770. The monoisotopic (exact) mass is 582 g/mol. The summed E-state index contributed by atoms with van der Waals surface area (Å²) in [5.41, 5.74) is 10.6. The van der Waals surface area contributed by atoms with E-state index in [1.54, 1.807) is 7.05 Å². The summed E-state index contributed by atoms with van der Waals surface area (Å²) in [6, 6.07) is -1.55. The predicted octanol–water partition coefficient (Wildman–Crippen LogP) is -4.96. The number of hydrogen-bond acceptors (Lipinski definition) is 15. The Morgan fingerprint density at radius 1 is 1.00 bits per heavy atom. The summed E-state index contributed by atoms with van der Waals surface area (Å²) >= 11 is 0. The molecule has 0 aromatic carbocycles. The fraction of sp³-hybridized carbons (Fsp3) is 1.00. The van der Waals surface area contributed by atoms with E-state index >= 15 is 0 Å². The number of rotatable bonds is 12. The molecule has 15 nitrogen and oxygen atoms in total. The quantitative estimate of drug-likeness (QED) is 0.103. The summed E-state index contributed by atoms with van der Waals surface area (Å²) in [5.74, 6) is -0.400. The van der Waals surface area contributed by atoms with Gasteiger partial charge in [-0.2, -0.15) is 0 Å². The number of aliphatic hydroxyl groups is 7. The molecule has 13 N–H and O–H groups in total. The third kappa shape index (κ3) is 7.67. The molecule has 0 bridgehead atoms. The van der Waals surface area contributed by atoms with Crippen molar-refractivity contribution in [1.29, 1.82) is 0 Å². The summed E-state index contributed by atoms with van der Waals surface area (Å²) in [5, 5.41) is 80.3. The molecule has 2 aliphatic heterocycles. The number of nitrogens with two attached hydrogens (primary N) is 2. The SMILES string of the molecule is CCNC[C@H]1O[C@H](OC2[C@@H](N)C[C@@H](CCC(O)CN)[C@H](O[C@H]3OC[C@](C)(O)[C@H](NC)[C@H]3O)[C@H]2O)[C@H](O)[C@@H](O)[C@@H]1O. The zero-order valence-electron chi connectivity index (χ0n) is 23.5. The van der Waals surface area contributed by atoms with Crippen LogP contribution in [0.15, 0.2) is 0 Å². The van der Waals surface area contributed by atoms with Gasteiger partial charge in [0.25, 0.3) is 0 Å². The molecule has 1 aliphatic carbocycles. The van der Waals surface area contributed by atoms with Crippen molar-refractivity contribution in [3.8, 4) is 0 Å². The summed E-state index contributed by atoms with van der Waals surface area (Å²) in [7, 11) is 1.59. The van der Waals surface area contributed by atoms with E-state index in [1.165, 1.54) is 6.92 Å². The van der Waals surface area contributed by atoms with Crippen LogP contribution in [-0.2, 0) is 18.9 Å². The molecular formula is C25H50N4O11. The maximum atomic E-state index is 11.5. The Hall–Kier alpha value is -0.600. The van der Waals surface area contributed by atoms with Crippen molar-refractivity contribution in [2.45, 2.75) is 118 Å². The van der Waals surface area contributed by atoms with Gasteiger partial charge in [0.05, 0.1) is 24.9 Å². The van der Waals surface area contributed by atoms with E-state index in [0.717, 1.165) is 0 Å². The first-order chi connectivity index (χ1) is 18.9. The smallest absolute Gasteiger partial charge is 0.187 e. The minimum atomic E-state index is -1.62. The lowest BCUT2D eigenvalue weighted by Gasteiger charge is -2.49. The molecule has 15 heteroatoms. The second-order valence-corrected chi connectivity index (χ2v) is 11.4. The average Bonchev–Trinajstić information content (AvgIpc) is 2.91. The van der Waals surface area contributed by atoms with Crippen LogP contribution < -0.4 is 22.1 Å². The normalized spacial score (nSPS) is 47.2. The second-order valence-electron chi connectivity index (χ2n) is 11.4. The lowest BCUT2D eigenvalue weighted by atomic mass is 9.76. The van der Waals surface area contributed by atoms with Crippen LogP contribution in [0.2, 0.25) is 0 Å². The zero-order valence-corrected chi connectivity index (χ0v) is 23.5. The molecule has 0 spiro atoms. The van der Waals surface area contributed by atoms with E-state index in [1.807, 2.05) is 6.92 Å². The van der Waals surface area contributed by atoms with Crippen LogP contribution in [0.1, 0.15) is 33.1 Å². The van der Waals surface area contributed by atoms with Crippen molar-refractivity contribution in [2.75, 3.05) is 33.3 Å². The van der Waals surface area contributed by atoms with Gasteiger partial charge >= 0.3 is 0 Å². The Morgan fingerprint density at radius 3 is 2.30 bits per heavy atom. The standard InChI is InChI=1S/C25H50N4O11/c1-4-29-9-14-15(31)16(32)17(33)24(38-14)40-21-13(27)7-11(5-6-12(30)8-26)20(18(21)34)39-23-19(35)22(28-3)25(2,36)10-37-23/h11-24,28-36H,4-10,26-27H2,1-3H3/t11-,12?,13+,14-,15-,16+,17-,18-,19-,20+,21?,22-,23-,24-,25+/m1/s1. The molecule has 3 fully saturated rings. The van der Waals surface area contributed by atoms with Crippen molar-refractivity contribution in [1.82, 2.24) is 10.6 Å². The highest BCUT2D eigenvalue weighted by molar-refractivity contribution is 5.01. The Labute approximate surface area is 234 Å². The zero-order chi connectivity index (χ0) is 29.8. The van der Waals surface area contributed by atoms with Gasteiger partial charge in [-0.25, -0.2) is 0 Å². The predicted molar refractivity (Wildman–Crippen MR) is 141 cm³/mol.